The molecule has 0 rings (SSSR count). The van der Waals surface area contributed by atoms with E-state index in [9.17, 15) is 19.7 Å². The molecule has 0 aliphatic rings. The first-order chi connectivity index (χ1) is 15.3. The molecule has 0 heterocycles. The Hall–Kier alpha value is -2.70. The third-order valence-electron chi connectivity index (χ3n) is 5.14. The lowest BCUT2D eigenvalue weighted by molar-refractivity contribution is -0.572. The van der Waals surface area contributed by atoms with E-state index >= 15 is 0 Å². The van der Waals surface area contributed by atoms with E-state index in [1.807, 2.05) is 12.2 Å². The summed E-state index contributed by atoms with van der Waals surface area (Å²) in [5.41, 5.74) is -1.73. The van der Waals surface area contributed by atoms with Gasteiger partial charge in [-0.2, -0.15) is 0 Å². The summed E-state index contributed by atoms with van der Waals surface area (Å²) in [6.07, 6.45) is 24.0. The second-order valence-corrected chi connectivity index (χ2v) is 7.93. The van der Waals surface area contributed by atoms with Crippen molar-refractivity contribution in [3.63, 3.8) is 0 Å². The Morgan fingerprint density at radius 1 is 0.781 bits per heavy atom. The highest BCUT2D eigenvalue weighted by Crippen LogP contribution is 2.28. The molecule has 0 bridgehead atoms. The minimum Gasteiger partial charge on any atom is -0.481 e. The number of carboxylic acid groups (broad SMARTS) is 2. The van der Waals surface area contributed by atoms with Gasteiger partial charge in [0.1, 0.15) is 6.42 Å². The number of carboxylic acids is 2. The number of rotatable bonds is 20. The van der Waals surface area contributed by atoms with Crippen LogP contribution in [0.5, 0.6) is 0 Å². The van der Waals surface area contributed by atoms with Crippen molar-refractivity contribution in [1.29, 1.82) is 0 Å². The SMILES string of the molecule is CCCCC/C=C\C/C=C\C/C=C\C/C=C\CCCC(CCC(=O)O)(CC(=O)O)[N+](=O)[O-]. The Morgan fingerprint density at radius 2 is 1.28 bits per heavy atom. The minimum atomic E-state index is -1.73. The molecule has 0 aliphatic heterocycles. The average Bonchev–Trinajstić information content (AvgIpc) is 2.73. The number of hydrogen-bond donors (Lipinski definition) is 2. The van der Waals surface area contributed by atoms with E-state index in [0.29, 0.717) is 12.8 Å². The van der Waals surface area contributed by atoms with Crippen molar-refractivity contribution in [3.8, 4) is 0 Å². The Kier molecular flexibility index (Phi) is 17.4. The number of unbranched alkanes of at least 4 members (excludes halogenated alkanes) is 4. The van der Waals surface area contributed by atoms with Gasteiger partial charge >= 0.3 is 11.9 Å². The van der Waals surface area contributed by atoms with Gasteiger partial charge in [0.05, 0.1) is 6.42 Å². The molecule has 0 fully saturated rings. The smallest absolute Gasteiger partial charge is 0.310 e. The molecule has 7 heteroatoms. The lowest BCUT2D eigenvalue weighted by Crippen LogP contribution is -2.41. The third kappa shape index (κ3) is 16.1. The fourth-order valence-corrected chi connectivity index (χ4v) is 3.28. The maximum absolute atomic E-state index is 11.5. The van der Waals surface area contributed by atoms with Crippen molar-refractivity contribution < 1.29 is 24.7 Å². The lowest BCUT2D eigenvalue weighted by Gasteiger charge is -2.23. The van der Waals surface area contributed by atoms with Crippen LogP contribution in [0.2, 0.25) is 0 Å². The van der Waals surface area contributed by atoms with Crippen LogP contribution >= 0.6 is 0 Å². The third-order valence-corrected chi connectivity index (χ3v) is 5.14. The predicted molar refractivity (Wildman–Crippen MR) is 127 cm³/mol. The highest BCUT2D eigenvalue weighted by molar-refractivity contribution is 5.69. The van der Waals surface area contributed by atoms with Gasteiger partial charge in [0.15, 0.2) is 0 Å². The molecule has 32 heavy (non-hydrogen) atoms. The molecule has 180 valence electrons. The van der Waals surface area contributed by atoms with E-state index < -0.39 is 35.2 Å². The van der Waals surface area contributed by atoms with E-state index in [0.717, 1.165) is 25.7 Å². The molecule has 0 spiro atoms. The van der Waals surface area contributed by atoms with E-state index in [-0.39, 0.29) is 12.8 Å². The fourth-order valence-electron chi connectivity index (χ4n) is 3.28. The van der Waals surface area contributed by atoms with E-state index in [1.54, 1.807) is 0 Å². The van der Waals surface area contributed by atoms with Crippen molar-refractivity contribution in [2.24, 2.45) is 0 Å². The molecule has 0 saturated carbocycles. The van der Waals surface area contributed by atoms with Crippen molar-refractivity contribution in [2.75, 3.05) is 0 Å². The van der Waals surface area contributed by atoms with Crippen molar-refractivity contribution in [3.05, 3.63) is 58.7 Å². The van der Waals surface area contributed by atoms with Crippen LogP contribution in [0.1, 0.15) is 90.4 Å². The molecule has 0 aromatic rings. The molecule has 0 aliphatic carbocycles. The largest absolute Gasteiger partial charge is 0.481 e. The summed E-state index contributed by atoms with van der Waals surface area (Å²) in [7, 11) is 0. The summed E-state index contributed by atoms with van der Waals surface area (Å²) >= 11 is 0. The Morgan fingerprint density at radius 3 is 1.72 bits per heavy atom. The van der Waals surface area contributed by atoms with Gasteiger partial charge < -0.3 is 10.2 Å². The second kappa shape index (κ2) is 19.0. The maximum atomic E-state index is 11.5. The van der Waals surface area contributed by atoms with Crippen LogP contribution in [0, 0.1) is 10.1 Å². The van der Waals surface area contributed by atoms with Crippen LogP contribution in [0.25, 0.3) is 0 Å². The normalized spacial score (nSPS) is 14.0. The van der Waals surface area contributed by atoms with E-state index in [2.05, 4.69) is 43.4 Å². The van der Waals surface area contributed by atoms with Crippen LogP contribution in [0.15, 0.2) is 48.6 Å². The second-order valence-electron chi connectivity index (χ2n) is 7.93. The van der Waals surface area contributed by atoms with E-state index in [4.69, 9.17) is 10.2 Å². The molecule has 1 atom stereocenters. The van der Waals surface area contributed by atoms with E-state index in [1.165, 1.54) is 19.3 Å². The summed E-state index contributed by atoms with van der Waals surface area (Å²) in [6.45, 7) is 2.20. The van der Waals surface area contributed by atoms with Crippen LogP contribution < -0.4 is 0 Å². The lowest BCUT2D eigenvalue weighted by atomic mass is 9.85. The molecule has 0 saturated heterocycles. The molecule has 7 nitrogen and oxygen atoms in total. The zero-order chi connectivity index (χ0) is 24.1. The van der Waals surface area contributed by atoms with Crippen molar-refractivity contribution in [2.45, 2.75) is 95.9 Å². The Labute approximate surface area is 191 Å². The first-order valence-electron chi connectivity index (χ1n) is 11.5. The highest BCUT2D eigenvalue weighted by Gasteiger charge is 2.44. The number of carbonyl (C=O) groups is 2. The van der Waals surface area contributed by atoms with Crippen molar-refractivity contribution in [1.82, 2.24) is 0 Å². The minimum absolute atomic E-state index is 0.0393. The molecule has 2 N–H and O–H groups in total. The van der Waals surface area contributed by atoms with Gasteiger partial charge in [-0.1, -0.05) is 68.4 Å². The number of allylic oxidation sites excluding steroid dienone is 8. The highest BCUT2D eigenvalue weighted by atomic mass is 16.6. The zero-order valence-electron chi connectivity index (χ0n) is 19.3. The van der Waals surface area contributed by atoms with Gasteiger partial charge in [-0.25, -0.2) is 0 Å². The molecule has 0 aromatic carbocycles. The quantitative estimate of drug-likeness (QED) is 0.0949. The number of nitro groups is 1. The van der Waals surface area contributed by atoms with Crippen LogP contribution in [0.4, 0.5) is 0 Å². The Bertz CT molecular complexity index is 665. The van der Waals surface area contributed by atoms with Gasteiger partial charge in [-0.3, -0.25) is 19.7 Å². The maximum Gasteiger partial charge on any atom is 0.310 e. The summed E-state index contributed by atoms with van der Waals surface area (Å²) in [5, 5.41) is 29.3. The molecular weight excluding hydrogens is 410 g/mol. The number of hydrogen-bond acceptors (Lipinski definition) is 4. The van der Waals surface area contributed by atoms with Crippen LogP contribution in [-0.4, -0.2) is 32.6 Å². The summed E-state index contributed by atoms with van der Waals surface area (Å²) < 4.78 is 0. The van der Waals surface area contributed by atoms with Gasteiger partial charge in [-0.05, 0) is 44.9 Å². The summed E-state index contributed by atoms with van der Waals surface area (Å²) in [4.78, 5) is 32.7. The number of nitrogens with zero attached hydrogens (tertiary/aromatic N) is 1. The van der Waals surface area contributed by atoms with Gasteiger partial charge in [0.2, 0.25) is 5.54 Å². The summed E-state index contributed by atoms with van der Waals surface area (Å²) in [5.74, 6) is -2.45. The molecule has 0 amide bonds. The fraction of sp³-hybridized carbons (Fsp3) is 0.600. The molecule has 0 aromatic heterocycles. The van der Waals surface area contributed by atoms with Crippen molar-refractivity contribution >= 4 is 11.9 Å². The monoisotopic (exact) mass is 449 g/mol. The zero-order valence-corrected chi connectivity index (χ0v) is 19.3. The topological polar surface area (TPSA) is 118 Å². The standard InChI is InChI=1S/C25H39NO6/c1-2-3-4-5-6-7-8-9-10-11-12-13-14-15-16-17-18-20-25(26(31)32,22-24(29)30)21-19-23(27)28/h6-7,9-10,12-13,15-16H,2-5,8,11,14,17-22H2,1H3,(H,27,28)(H,29,30)/b7-6-,10-9-,13-12-,16-15-. The summed E-state index contributed by atoms with van der Waals surface area (Å²) in [6, 6.07) is 0. The van der Waals surface area contributed by atoms with Gasteiger partial charge in [0.25, 0.3) is 0 Å². The first kappa shape index (κ1) is 29.3. The van der Waals surface area contributed by atoms with Crippen LogP contribution in [0.3, 0.4) is 0 Å². The molecule has 1 unspecified atom stereocenters. The number of aliphatic carboxylic acids is 2. The Balaban J connectivity index is 4.17. The predicted octanol–water partition coefficient (Wildman–Crippen LogP) is 6.49. The molecular formula is C25H39NO6. The molecule has 0 radical (unpaired) electrons. The van der Waals surface area contributed by atoms with Crippen LogP contribution in [-0.2, 0) is 9.59 Å². The first-order valence-corrected chi connectivity index (χ1v) is 11.5. The average molecular weight is 450 g/mol. The van der Waals surface area contributed by atoms with Gasteiger partial charge in [-0.15, -0.1) is 0 Å². The van der Waals surface area contributed by atoms with Gasteiger partial charge in [0, 0.05) is 17.8 Å².